The highest BCUT2D eigenvalue weighted by molar-refractivity contribution is 7.92. The van der Waals surface area contributed by atoms with Gasteiger partial charge in [-0.2, -0.15) is 5.26 Å². The summed E-state index contributed by atoms with van der Waals surface area (Å²) in [4.78, 5) is 12.0. The summed E-state index contributed by atoms with van der Waals surface area (Å²) in [5, 5.41) is 11.7. The number of nitrogens with zero attached hydrogens (tertiary/aromatic N) is 1. The molecule has 1 aliphatic carbocycles. The van der Waals surface area contributed by atoms with E-state index in [4.69, 9.17) is 5.26 Å². The summed E-state index contributed by atoms with van der Waals surface area (Å²) >= 11 is 0. The van der Waals surface area contributed by atoms with E-state index in [1.807, 2.05) is 6.92 Å². The third-order valence-electron chi connectivity index (χ3n) is 3.72. The number of amides is 1. The summed E-state index contributed by atoms with van der Waals surface area (Å²) in [7, 11) is -3.25. The van der Waals surface area contributed by atoms with Gasteiger partial charge < -0.3 is 5.32 Å². The maximum atomic E-state index is 12.0. The van der Waals surface area contributed by atoms with Crippen LogP contribution in [0.1, 0.15) is 33.6 Å². The van der Waals surface area contributed by atoms with Gasteiger partial charge in [0, 0.05) is 12.8 Å². The molecule has 0 radical (unpaired) electrons. The minimum atomic E-state index is -3.25. The van der Waals surface area contributed by atoms with E-state index in [2.05, 4.69) is 11.4 Å². The summed E-state index contributed by atoms with van der Waals surface area (Å²) in [5.74, 6) is 0.0261. The molecule has 5 nitrogen and oxygen atoms in total. The van der Waals surface area contributed by atoms with Gasteiger partial charge in [-0.15, -0.1) is 0 Å². The monoisotopic (exact) mass is 272 g/mol. The topological polar surface area (TPSA) is 87.0 Å². The quantitative estimate of drug-likeness (QED) is 0.822. The van der Waals surface area contributed by atoms with Gasteiger partial charge in [0.25, 0.3) is 0 Å². The van der Waals surface area contributed by atoms with E-state index in [-0.39, 0.29) is 12.5 Å². The van der Waals surface area contributed by atoms with Crippen molar-refractivity contribution in [3.8, 4) is 6.07 Å². The van der Waals surface area contributed by atoms with Gasteiger partial charge >= 0.3 is 0 Å². The van der Waals surface area contributed by atoms with Crippen molar-refractivity contribution in [2.75, 3.05) is 12.8 Å². The Bertz CT molecular complexity index is 482. The van der Waals surface area contributed by atoms with Crippen LogP contribution in [0.5, 0.6) is 0 Å². The highest BCUT2D eigenvalue weighted by Crippen LogP contribution is 2.45. The molecule has 0 bridgehead atoms. The fourth-order valence-electron chi connectivity index (χ4n) is 2.05. The minimum absolute atomic E-state index is 0.0302. The van der Waals surface area contributed by atoms with E-state index in [0.717, 1.165) is 6.26 Å². The second kappa shape index (κ2) is 4.54. The van der Waals surface area contributed by atoms with Crippen LogP contribution in [0.15, 0.2) is 0 Å². The Morgan fingerprint density at radius 2 is 2.00 bits per heavy atom. The van der Waals surface area contributed by atoms with Gasteiger partial charge in [-0.05, 0) is 32.6 Å². The number of nitriles is 1. The molecule has 0 aliphatic heterocycles. The predicted octanol–water partition coefficient (Wildman–Crippen LogP) is 0.866. The number of sulfone groups is 1. The Kier molecular flexibility index (Phi) is 3.78. The molecule has 1 amide bonds. The van der Waals surface area contributed by atoms with E-state index in [1.165, 1.54) is 0 Å². The predicted molar refractivity (Wildman–Crippen MR) is 68.4 cm³/mol. The Balaban J connectivity index is 2.66. The first-order chi connectivity index (χ1) is 8.04. The van der Waals surface area contributed by atoms with Gasteiger partial charge in [-0.1, -0.05) is 6.92 Å². The van der Waals surface area contributed by atoms with Crippen molar-refractivity contribution >= 4 is 15.7 Å². The molecule has 18 heavy (non-hydrogen) atoms. The number of rotatable bonds is 4. The second-order valence-electron chi connectivity index (χ2n) is 5.92. The van der Waals surface area contributed by atoms with Crippen LogP contribution in [0.3, 0.4) is 0 Å². The Morgan fingerprint density at radius 3 is 2.33 bits per heavy atom. The lowest BCUT2D eigenvalue weighted by molar-refractivity contribution is -0.134. The van der Waals surface area contributed by atoms with E-state index in [1.54, 1.807) is 13.8 Å². The summed E-state index contributed by atoms with van der Waals surface area (Å²) in [6, 6.07) is 2.06. The van der Waals surface area contributed by atoms with Crippen LogP contribution in [0.4, 0.5) is 0 Å². The van der Waals surface area contributed by atoms with Crippen molar-refractivity contribution in [3.63, 3.8) is 0 Å². The maximum Gasteiger partial charge on any atom is 0.240 e. The number of hydrogen-bond donors (Lipinski definition) is 1. The molecule has 0 spiro atoms. The van der Waals surface area contributed by atoms with E-state index in [0.29, 0.717) is 18.8 Å². The van der Waals surface area contributed by atoms with Crippen molar-refractivity contribution in [1.29, 1.82) is 5.26 Å². The van der Waals surface area contributed by atoms with Crippen LogP contribution in [0.25, 0.3) is 0 Å². The molecule has 0 aromatic carbocycles. The standard InChI is InChI=1S/C12H20N2O3S/c1-9-5-12(6-9,7-13)10(15)14-8-11(2,3)18(4,16)17/h9H,5-6,8H2,1-4H3,(H,14,15). The van der Waals surface area contributed by atoms with Gasteiger partial charge in [0.2, 0.25) is 5.91 Å². The molecule has 0 atom stereocenters. The fourth-order valence-corrected chi connectivity index (χ4v) is 2.39. The number of nitrogens with one attached hydrogen (secondary N) is 1. The van der Waals surface area contributed by atoms with Gasteiger partial charge in [0.1, 0.15) is 5.41 Å². The molecule has 1 N–H and O–H groups in total. The van der Waals surface area contributed by atoms with E-state index >= 15 is 0 Å². The van der Waals surface area contributed by atoms with Crippen molar-refractivity contribution in [2.24, 2.45) is 11.3 Å². The average Bonchev–Trinajstić information content (AvgIpc) is 2.19. The molecule has 1 saturated carbocycles. The second-order valence-corrected chi connectivity index (χ2v) is 8.57. The molecule has 1 rings (SSSR count). The average molecular weight is 272 g/mol. The smallest absolute Gasteiger partial charge is 0.240 e. The molecule has 0 heterocycles. The summed E-state index contributed by atoms with van der Waals surface area (Å²) < 4.78 is 22.0. The lowest BCUT2D eigenvalue weighted by atomic mass is 9.63. The zero-order valence-corrected chi connectivity index (χ0v) is 12.1. The highest BCUT2D eigenvalue weighted by Gasteiger charge is 2.49. The van der Waals surface area contributed by atoms with Gasteiger partial charge in [0.05, 0.1) is 10.8 Å². The van der Waals surface area contributed by atoms with Crippen LogP contribution in [-0.4, -0.2) is 31.9 Å². The first-order valence-electron chi connectivity index (χ1n) is 5.93. The Morgan fingerprint density at radius 1 is 1.50 bits per heavy atom. The molecular weight excluding hydrogens is 252 g/mol. The molecular formula is C12H20N2O3S. The third kappa shape index (κ3) is 2.66. The summed E-state index contributed by atoms with van der Waals surface area (Å²) in [5.41, 5.74) is -0.951. The Labute approximate surface area is 108 Å². The number of carbonyl (C=O) groups is 1. The largest absolute Gasteiger partial charge is 0.353 e. The molecule has 1 aliphatic rings. The molecule has 102 valence electrons. The first-order valence-corrected chi connectivity index (χ1v) is 7.82. The van der Waals surface area contributed by atoms with Gasteiger partial charge in [-0.25, -0.2) is 8.42 Å². The normalized spacial score (nSPS) is 28.1. The third-order valence-corrected chi connectivity index (χ3v) is 5.87. The molecule has 6 heteroatoms. The van der Waals surface area contributed by atoms with Crippen molar-refractivity contribution in [2.45, 2.75) is 38.4 Å². The number of carbonyl (C=O) groups excluding carboxylic acids is 1. The zero-order chi connectivity index (χ0) is 14.2. The summed E-state index contributed by atoms with van der Waals surface area (Å²) in [6.45, 7) is 5.14. The van der Waals surface area contributed by atoms with Crippen LogP contribution in [0.2, 0.25) is 0 Å². The van der Waals surface area contributed by atoms with Gasteiger partial charge in [-0.3, -0.25) is 4.79 Å². The lowest BCUT2D eigenvalue weighted by Gasteiger charge is -2.39. The van der Waals surface area contributed by atoms with Crippen LogP contribution in [-0.2, 0) is 14.6 Å². The van der Waals surface area contributed by atoms with Crippen molar-refractivity contribution in [3.05, 3.63) is 0 Å². The van der Waals surface area contributed by atoms with E-state index in [9.17, 15) is 13.2 Å². The Hall–Kier alpha value is -1.09. The summed E-state index contributed by atoms with van der Waals surface area (Å²) in [6.07, 6.45) is 2.24. The van der Waals surface area contributed by atoms with Crippen LogP contribution < -0.4 is 5.32 Å². The van der Waals surface area contributed by atoms with Crippen LogP contribution in [0, 0.1) is 22.7 Å². The molecule has 0 aromatic rings. The first kappa shape index (κ1) is 15.0. The molecule has 0 unspecified atom stereocenters. The van der Waals surface area contributed by atoms with Crippen LogP contribution >= 0.6 is 0 Å². The van der Waals surface area contributed by atoms with Gasteiger partial charge in [0.15, 0.2) is 9.84 Å². The zero-order valence-electron chi connectivity index (χ0n) is 11.3. The fraction of sp³-hybridized carbons (Fsp3) is 0.833. The lowest BCUT2D eigenvalue weighted by Crippen LogP contribution is -2.52. The van der Waals surface area contributed by atoms with Crippen molar-refractivity contribution in [1.82, 2.24) is 5.32 Å². The molecule has 0 aromatic heterocycles. The highest BCUT2D eigenvalue weighted by atomic mass is 32.2. The molecule has 1 fully saturated rings. The SMILES string of the molecule is CC1CC(C#N)(C(=O)NCC(C)(C)S(C)(=O)=O)C1. The molecule has 0 saturated heterocycles. The minimum Gasteiger partial charge on any atom is -0.353 e. The maximum absolute atomic E-state index is 12.0. The number of hydrogen-bond acceptors (Lipinski definition) is 4. The van der Waals surface area contributed by atoms with Crippen molar-refractivity contribution < 1.29 is 13.2 Å². The van der Waals surface area contributed by atoms with E-state index < -0.39 is 20.0 Å².